The van der Waals surface area contributed by atoms with E-state index in [1.165, 1.54) is 12.8 Å². The average Bonchev–Trinajstić information content (AvgIpc) is 2.15. The molecule has 0 amide bonds. The van der Waals surface area contributed by atoms with Crippen LogP contribution in [-0.2, 0) is 0 Å². The normalized spacial score (nSPS) is 43.7. The van der Waals surface area contributed by atoms with Gasteiger partial charge in [0.25, 0.3) is 0 Å². The van der Waals surface area contributed by atoms with Gasteiger partial charge in [-0.25, -0.2) is 0 Å². The highest BCUT2D eigenvalue weighted by molar-refractivity contribution is 7.99. The molecule has 0 heterocycles. The van der Waals surface area contributed by atoms with Crippen molar-refractivity contribution in [2.24, 2.45) is 11.8 Å². The molecule has 1 saturated carbocycles. The van der Waals surface area contributed by atoms with Gasteiger partial charge in [-0.3, -0.25) is 0 Å². The summed E-state index contributed by atoms with van der Waals surface area (Å²) in [6.45, 7) is 4.76. The van der Waals surface area contributed by atoms with E-state index in [0.29, 0.717) is 0 Å². The maximum Gasteiger partial charge on any atom is 0.00725 e. The predicted molar refractivity (Wildman–Crippen MR) is 44.9 cm³/mol. The minimum absolute atomic E-state index is 0.958. The highest BCUT2D eigenvalue weighted by Gasteiger charge is 2.28. The molecule has 1 aliphatic carbocycles. The molecule has 9 heavy (non-hydrogen) atoms. The number of thioether (sulfide) groups is 1. The minimum atomic E-state index is 0.958. The Kier molecular flexibility index (Phi) is 2.45. The van der Waals surface area contributed by atoms with Gasteiger partial charge in [0.05, 0.1) is 0 Å². The van der Waals surface area contributed by atoms with Crippen LogP contribution in [0.1, 0.15) is 26.7 Å². The minimum Gasteiger partial charge on any atom is -0.162 e. The molecular weight excluding hydrogens is 128 g/mol. The van der Waals surface area contributed by atoms with Gasteiger partial charge in [0.2, 0.25) is 0 Å². The monoisotopic (exact) mass is 144 g/mol. The van der Waals surface area contributed by atoms with E-state index in [2.05, 4.69) is 20.1 Å². The van der Waals surface area contributed by atoms with Crippen molar-refractivity contribution < 1.29 is 0 Å². The van der Waals surface area contributed by atoms with Crippen molar-refractivity contribution in [1.82, 2.24) is 0 Å². The Balaban J connectivity index is 2.41. The highest BCUT2D eigenvalue weighted by Crippen LogP contribution is 2.37. The highest BCUT2D eigenvalue weighted by atomic mass is 32.2. The van der Waals surface area contributed by atoms with Gasteiger partial charge in [-0.15, -0.1) is 0 Å². The summed E-state index contributed by atoms with van der Waals surface area (Å²) in [5, 5.41) is 0.958. The van der Waals surface area contributed by atoms with Crippen molar-refractivity contribution in [2.45, 2.75) is 31.9 Å². The second-order valence-corrected chi connectivity index (χ2v) is 4.26. The molecule has 0 radical (unpaired) electrons. The molecule has 1 rings (SSSR count). The summed E-state index contributed by atoms with van der Waals surface area (Å²) in [4.78, 5) is 0. The molecule has 0 aromatic rings. The van der Waals surface area contributed by atoms with Crippen molar-refractivity contribution in [3.63, 3.8) is 0 Å². The van der Waals surface area contributed by atoms with Gasteiger partial charge >= 0.3 is 0 Å². The molecule has 3 atom stereocenters. The van der Waals surface area contributed by atoms with E-state index in [0.717, 1.165) is 17.1 Å². The van der Waals surface area contributed by atoms with Gasteiger partial charge in [0.15, 0.2) is 0 Å². The Morgan fingerprint density at radius 2 is 1.89 bits per heavy atom. The van der Waals surface area contributed by atoms with E-state index in [-0.39, 0.29) is 0 Å². The fourth-order valence-corrected chi connectivity index (χ4v) is 2.72. The van der Waals surface area contributed by atoms with Crippen LogP contribution in [0.3, 0.4) is 0 Å². The first-order chi connectivity index (χ1) is 4.25. The molecule has 1 fully saturated rings. The van der Waals surface area contributed by atoms with E-state index in [4.69, 9.17) is 0 Å². The Hall–Kier alpha value is 0.350. The second kappa shape index (κ2) is 2.96. The molecule has 0 aliphatic heterocycles. The molecule has 0 N–H and O–H groups in total. The summed E-state index contributed by atoms with van der Waals surface area (Å²) in [5.74, 6) is 1.93. The van der Waals surface area contributed by atoms with Crippen molar-refractivity contribution in [3.05, 3.63) is 0 Å². The zero-order valence-corrected chi connectivity index (χ0v) is 7.37. The third kappa shape index (κ3) is 1.43. The summed E-state index contributed by atoms with van der Waals surface area (Å²) in [6, 6.07) is 0. The van der Waals surface area contributed by atoms with Gasteiger partial charge in [-0.2, -0.15) is 11.8 Å². The van der Waals surface area contributed by atoms with Gasteiger partial charge in [-0.1, -0.05) is 13.8 Å². The Bertz CT molecular complexity index is 90.6. The fourth-order valence-electron chi connectivity index (χ4n) is 1.65. The van der Waals surface area contributed by atoms with Crippen molar-refractivity contribution in [3.8, 4) is 0 Å². The van der Waals surface area contributed by atoms with E-state index in [9.17, 15) is 0 Å². The Morgan fingerprint density at radius 3 is 2.11 bits per heavy atom. The Morgan fingerprint density at radius 1 is 1.22 bits per heavy atom. The molecule has 0 aromatic carbocycles. The lowest BCUT2D eigenvalue weighted by Crippen LogP contribution is -2.09. The van der Waals surface area contributed by atoms with Crippen molar-refractivity contribution in [1.29, 1.82) is 0 Å². The van der Waals surface area contributed by atoms with Crippen molar-refractivity contribution >= 4 is 11.8 Å². The van der Waals surface area contributed by atoms with E-state index in [1.54, 1.807) is 0 Å². The zero-order valence-electron chi connectivity index (χ0n) is 6.55. The SMILES string of the molecule is CSC1CCC(C)C1C. The zero-order chi connectivity index (χ0) is 6.85. The molecule has 0 aromatic heterocycles. The summed E-state index contributed by atoms with van der Waals surface area (Å²) in [6.07, 6.45) is 5.13. The van der Waals surface area contributed by atoms with E-state index >= 15 is 0 Å². The lowest BCUT2D eigenvalue weighted by molar-refractivity contribution is 0.463. The van der Waals surface area contributed by atoms with Crippen LogP contribution in [0.2, 0.25) is 0 Å². The third-order valence-corrected chi connectivity index (χ3v) is 3.96. The van der Waals surface area contributed by atoms with Gasteiger partial charge in [-0.05, 0) is 30.9 Å². The van der Waals surface area contributed by atoms with E-state index < -0.39 is 0 Å². The summed E-state index contributed by atoms with van der Waals surface area (Å²) >= 11 is 2.04. The molecular formula is C8H16S. The van der Waals surface area contributed by atoms with Crippen molar-refractivity contribution in [2.75, 3.05) is 6.26 Å². The smallest absolute Gasteiger partial charge is 0.00725 e. The maximum absolute atomic E-state index is 2.39. The summed E-state index contributed by atoms with van der Waals surface area (Å²) in [7, 11) is 0. The first-order valence-electron chi connectivity index (χ1n) is 3.78. The summed E-state index contributed by atoms with van der Waals surface area (Å²) in [5.41, 5.74) is 0. The topological polar surface area (TPSA) is 0 Å². The first-order valence-corrected chi connectivity index (χ1v) is 5.07. The molecule has 0 bridgehead atoms. The van der Waals surface area contributed by atoms with Crippen LogP contribution in [0.15, 0.2) is 0 Å². The maximum atomic E-state index is 2.39. The van der Waals surface area contributed by atoms with Crippen LogP contribution in [0.25, 0.3) is 0 Å². The largest absolute Gasteiger partial charge is 0.162 e. The summed E-state index contributed by atoms with van der Waals surface area (Å²) < 4.78 is 0. The van der Waals surface area contributed by atoms with Gasteiger partial charge in [0.1, 0.15) is 0 Å². The third-order valence-electron chi connectivity index (χ3n) is 2.69. The number of hydrogen-bond acceptors (Lipinski definition) is 1. The lowest BCUT2D eigenvalue weighted by Gasteiger charge is -2.14. The van der Waals surface area contributed by atoms with Gasteiger partial charge < -0.3 is 0 Å². The number of rotatable bonds is 1. The second-order valence-electron chi connectivity index (χ2n) is 3.19. The molecule has 0 nitrogen and oxygen atoms in total. The van der Waals surface area contributed by atoms with Crippen LogP contribution in [0, 0.1) is 11.8 Å². The predicted octanol–water partition coefficient (Wildman–Crippen LogP) is 2.78. The van der Waals surface area contributed by atoms with Crippen LogP contribution in [0.5, 0.6) is 0 Å². The fraction of sp³-hybridized carbons (Fsp3) is 1.00. The Labute approximate surface area is 62.4 Å². The van der Waals surface area contributed by atoms with E-state index in [1.807, 2.05) is 11.8 Å². The van der Waals surface area contributed by atoms with Crippen LogP contribution < -0.4 is 0 Å². The molecule has 54 valence electrons. The molecule has 3 unspecified atom stereocenters. The molecule has 0 saturated heterocycles. The van der Waals surface area contributed by atoms with Crippen LogP contribution in [-0.4, -0.2) is 11.5 Å². The lowest BCUT2D eigenvalue weighted by atomic mass is 10.0. The molecule has 1 aliphatic rings. The quantitative estimate of drug-likeness (QED) is 0.545. The van der Waals surface area contributed by atoms with Crippen LogP contribution >= 0.6 is 11.8 Å². The number of hydrogen-bond donors (Lipinski definition) is 0. The van der Waals surface area contributed by atoms with Crippen LogP contribution in [0.4, 0.5) is 0 Å². The molecule has 0 spiro atoms. The standard InChI is InChI=1S/C8H16S/c1-6-4-5-8(9-3)7(6)2/h6-8H,4-5H2,1-3H3. The first kappa shape index (κ1) is 7.46. The van der Waals surface area contributed by atoms with Gasteiger partial charge in [0, 0.05) is 5.25 Å². The molecule has 1 heteroatoms. The average molecular weight is 144 g/mol.